The molecule has 0 atom stereocenters. The monoisotopic (exact) mass is 118 g/mol. The molecule has 1 aromatic rings. The van der Waals surface area contributed by atoms with E-state index in [2.05, 4.69) is 10.2 Å². The SMILES string of the molecule is O=C([O-])c1cn[nH]c1.[Li+]. The molecule has 1 aromatic heterocycles. The van der Waals surface area contributed by atoms with Crippen molar-refractivity contribution in [2.24, 2.45) is 0 Å². The number of hydrogen-bond acceptors (Lipinski definition) is 3. The normalized spacial score (nSPS) is 8.00. The summed E-state index contributed by atoms with van der Waals surface area (Å²) >= 11 is 0. The second-order valence-electron chi connectivity index (χ2n) is 1.27. The summed E-state index contributed by atoms with van der Waals surface area (Å²) in [5, 5.41) is 15.6. The first-order valence-electron chi connectivity index (χ1n) is 2.01. The largest absolute Gasteiger partial charge is 1.00 e. The summed E-state index contributed by atoms with van der Waals surface area (Å²) in [6.45, 7) is 0. The van der Waals surface area contributed by atoms with Gasteiger partial charge in [-0.05, 0) is 0 Å². The van der Waals surface area contributed by atoms with Crippen LogP contribution in [0.5, 0.6) is 0 Å². The predicted molar refractivity (Wildman–Crippen MR) is 22.9 cm³/mol. The van der Waals surface area contributed by atoms with E-state index in [1.807, 2.05) is 0 Å². The maximum absolute atomic E-state index is 9.89. The van der Waals surface area contributed by atoms with Crippen molar-refractivity contribution in [2.75, 3.05) is 0 Å². The van der Waals surface area contributed by atoms with Crippen LogP contribution in [0.4, 0.5) is 0 Å². The maximum Gasteiger partial charge on any atom is 1.00 e. The number of nitrogens with zero attached hydrogens (tertiary/aromatic N) is 1. The fraction of sp³-hybridized carbons (Fsp3) is 0. The average molecular weight is 118 g/mol. The summed E-state index contributed by atoms with van der Waals surface area (Å²) in [5.74, 6) is -1.21. The Morgan fingerprint density at radius 1 is 1.78 bits per heavy atom. The number of rotatable bonds is 1. The molecule has 0 aromatic carbocycles. The van der Waals surface area contributed by atoms with Crippen LogP contribution in [-0.2, 0) is 0 Å². The number of H-pyrrole nitrogens is 1. The first kappa shape index (κ1) is 8.28. The second kappa shape index (κ2) is 3.33. The smallest absolute Gasteiger partial charge is 0.545 e. The first-order chi connectivity index (χ1) is 3.80. The van der Waals surface area contributed by atoms with Crippen molar-refractivity contribution in [3.63, 3.8) is 0 Å². The Balaban J connectivity index is 0.000000640. The van der Waals surface area contributed by atoms with Crippen molar-refractivity contribution in [3.05, 3.63) is 18.0 Å². The predicted octanol–water partition coefficient (Wildman–Crippen LogP) is -4.22. The maximum atomic E-state index is 9.89. The number of aromatic carboxylic acids is 1. The van der Waals surface area contributed by atoms with E-state index in [0.29, 0.717) is 0 Å². The topological polar surface area (TPSA) is 68.8 Å². The van der Waals surface area contributed by atoms with Crippen LogP contribution >= 0.6 is 0 Å². The Morgan fingerprint density at radius 3 is 2.67 bits per heavy atom. The molecule has 1 rings (SSSR count). The molecule has 4 nitrogen and oxygen atoms in total. The third-order valence-corrected chi connectivity index (χ3v) is 0.734. The Morgan fingerprint density at radius 2 is 2.44 bits per heavy atom. The number of nitrogens with one attached hydrogen (secondary N) is 1. The minimum absolute atomic E-state index is 0. The van der Waals surface area contributed by atoms with E-state index < -0.39 is 5.97 Å². The van der Waals surface area contributed by atoms with Gasteiger partial charge in [-0.25, -0.2) is 0 Å². The molecule has 0 saturated carbocycles. The van der Waals surface area contributed by atoms with E-state index in [4.69, 9.17) is 0 Å². The molecule has 0 bridgehead atoms. The van der Waals surface area contributed by atoms with Crippen LogP contribution in [0.15, 0.2) is 12.4 Å². The summed E-state index contributed by atoms with van der Waals surface area (Å²) in [6.07, 6.45) is 2.45. The summed E-state index contributed by atoms with van der Waals surface area (Å²) < 4.78 is 0. The standard InChI is InChI=1S/C4H4N2O2.Li/c7-4(8)3-1-5-6-2-3;/h1-2H,(H,5,6)(H,7,8);/q;+1/p-1. The molecule has 0 unspecified atom stereocenters. The molecule has 1 heterocycles. The van der Waals surface area contributed by atoms with Crippen LogP contribution in [0.2, 0.25) is 0 Å². The van der Waals surface area contributed by atoms with Gasteiger partial charge in [-0.3, -0.25) is 5.10 Å². The van der Waals surface area contributed by atoms with Crippen LogP contribution in [-0.4, -0.2) is 16.2 Å². The fourth-order valence-electron chi connectivity index (χ4n) is 0.363. The van der Waals surface area contributed by atoms with Crippen LogP contribution < -0.4 is 24.0 Å². The first-order valence-corrected chi connectivity index (χ1v) is 2.01. The number of carboxylic acid groups (broad SMARTS) is 1. The van der Waals surface area contributed by atoms with Crippen molar-refractivity contribution >= 4 is 5.97 Å². The van der Waals surface area contributed by atoms with Crippen molar-refractivity contribution in [2.45, 2.75) is 0 Å². The van der Waals surface area contributed by atoms with Gasteiger partial charge in [0.2, 0.25) is 0 Å². The van der Waals surface area contributed by atoms with Gasteiger partial charge in [0, 0.05) is 11.8 Å². The molecule has 0 aliphatic rings. The second-order valence-corrected chi connectivity index (χ2v) is 1.27. The van der Waals surface area contributed by atoms with Gasteiger partial charge >= 0.3 is 18.9 Å². The Kier molecular flexibility index (Phi) is 3.06. The van der Waals surface area contributed by atoms with Gasteiger partial charge in [-0.15, -0.1) is 0 Å². The van der Waals surface area contributed by atoms with E-state index in [9.17, 15) is 9.90 Å². The van der Waals surface area contributed by atoms with Gasteiger partial charge in [0.05, 0.1) is 12.2 Å². The van der Waals surface area contributed by atoms with Crippen molar-refractivity contribution < 1.29 is 28.8 Å². The Labute approximate surface area is 63.4 Å². The summed E-state index contributed by atoms with van der Waals surface area (Å²) in [5.41, 5.74) is 0.0741. The van der Waals surface area contributed by atoms with E-state index in [-0.39, 0.29) is 24.4 Å². The van der Waals surface area contributed by atoms with E-state index >= 15 is 0 Å². The van der Waals surface area contributed by atoms with Gasteiger partial charge < -0.3 is 9.90 Å². The van der Waals surface area contributed by atoms with Crippen LogP contribution in [0.3, 0.4) is 0 Å². The Bertz CT molecular complexity index is 184. The van der Waals surface area contributed by atoms with Gasteiger partial charge in [-0.2, -0.15) is 5.10 Å². The van der Waals surface area contributed by atoms with Crippen molar-refractivity contribution in [1.29, 1.82) is 0 Å². The van der Waals surface area contributed by atoms with Crippen LogP contribution in [0, 0.1) is 0 Å². The van der Waals surface area contributed by atoms with Crippen LogP contribution in [0.1, 0.15) is 10.4 Å². The van der Waals surface area contributed by atoms with Gasteiger partial charge in [0.25, 0.3) is 0 Å². The zero-order valence-corrected chi connectivity index (χ0v) is 4.92. The van der Waals surface area contributed by atoms with E-state index in [1.165, 1.54) is 12.4 Å². The van der Waals surface area contributed by atoms with E-state index in [0.717, 1.165) is 0 Å². The summed E-state index contributed by atoms with van der Waals surface area (Å²) in [4.78, 5) is 9.89. The molecule has 0 aliphatic heterocycles. The molecule has 42 valence electrons. The zero-order valence-electron chi connectivity index (χ0n) is 4.92. The molecule has 0 radical (unpaired) electrons. The molecule has 0 saturated heterocycles. The molecule has 0 amide bonds. The number of hydrogen-bond donors (Lipinski definition) is 1. The number of aromatic amines is 1. The third-order valence-electron chi connectivity index (χ3n) is 0.734. The summed E-state index contributed by atoms with van der Waals surface area (Å²) in [6, 6.07) is 0. The Hall–Kier alpha value is -0.723. The van der Waals surface area contributed by atoms with Crippen molar-refractivity contribution in [3.8, 4) is 0 Å². The molecular weight excluding hydrogens is 115 g/mol. The minimum Gasteiger partial charge on any atom is -0.545 e. The molecule has 5 heteroatoms. The zero-order chi connectivity index (χ0) is 5.98. The van der Waals surface area contributed by atoms with Gasteiger partial charge in [0.1, 0.15) is 0 Å². The fourth-order valence-corrected chi connectivity index (χ4v) is 0.363. The van der Waals surface area contributed by atoms with Crippen molar-refractivity contribution in [1.82, 2.24) is 10.2 Å². The quantitative estimate of drug-likeness (QED) is 0.380. The van der Waals surface area contributed by atoms with Gasteiger partial charge in [0.15, 0.2) is 0 Å². The molecule has 0 fully saturated rings. The summed E-state index contributed by atoms with van der Waals surface area (Å²) in [7, 11) is 0. The van der Waals surface area contributed by atoms with E-state index in [1.54, 1.807) is 0 Å². The van der Waals surface area contributed by atoms with Gasteiger partial charge in [-0.1, -0.05) is 0 Å². The molecule has 0 aliphatic carbocycles. The number of carboxylic acids is 1. The average Bonchev–Trinajstić information content (AvgIpc) is 2.12. The molecular formula is C4H3LiN2O2. The molecule has 0 spiro atoms. The minimum atomic E-state index is -1.21. The number of aromatic nitrogens is 2. The van der Waals surface area contributed by atoms with Crippen LogP contribution in [0.25, 0.3) is 0 Å². The third kappa shape index (κ3) is 1.92. The number of carbonyl (C=O) groups excluding carboxylic acids is 1. The number of carbonyl (C=O) groups is 1. The molecule has 9 heavy (non-hydrogen) atoms. The molecule has 1 N–H and O–H groups in total.